The minimum Gasteiger partial charge on any atom is -0.494 e. The molecule has 1 N–H and O–H groups in total. The molecule has 1 amide bonds. The van der Waals surface area contributed by atoms with Crippen LogP contribution in [0.5, 0.6) is 5.75 Å². The number of unbranched alkanes of at least 4 members (excludes halogenated alkanes) is 2. The van der Waals surface area contributed by atoms with Gasteiger partial charge >= 0.3 is 0 Å². The molecule has 0 spiro atoms. The molecule has 1 aliphatic heterocycles. The summed E-state index contributed by atoms with van der Waals surface area (Å²) in [5.74, 6) is 0.812. The van der Waals surface area contributed by atoms with Crippen LogP contribution < -0.4 is 4.74 Å². The summed E-state index contributed by atoms with van der Waals surface area (Å²) < 4.78 is 5.89. The lowest BCUT2D eigenvalue weighted by Crippen LogP contribution is -2.44. The molecule has 2 aromatic carbocycles. The maximum atomic E-state index is 13.4. The van der Waals surface area contributed by atoms with Gasteiger partial charge in [0.1, 0.15) is 11.4 Å². The van der Waals surface area contributed by atoms with E-state index in [0.717, 1.165) is 41.2 Å². The van der Waals surface area contributed by atoms with Crippen molar-refractivity contribution in [3.63, 3.8) is 0 Å². The fourth-order valence-electron chi connectivity index (χ4n) is 4.27. The van der Waals surface area contributed by atoms with Crippen LogP contribution in [0.4, 0.5) is 0 Å². The molecule has 1 atom stereocenters. The van der Waals surface area contributed by atoms with Crippen LogP contribution in [-0.4, -0.2) is 33.2 Å². The van der Waals surface area contributed by atoms with Crippen molar-refractivity contribution >= 4 is 17.5 Å². The Morgan fingerprint density at radius 2 is 1.75 bits per heavy atom. The van der Waals surface area contributed by atoms with Gasteiger partial charge in [-0.2, -0.15) is 5.10 Å². The number of carbonyl (C=O) groups is 1. The number of benzene rings is 2. The van der Waals surface area contributed by atoms with Crippen LogP contribution in [0.15, 0.2) is 48.5 Å². The maximum Gasteiger partial charge on any atom is 0.273 e. The average molecular weight is 452 g/mol. The number of H-pyrrole nitrogens is 1. The molecule has 1 aliphatic rings. The Hall–Kier alpha value is -2.79. The molecular weight excluding hydrogens is 422 g/mol. The molecular formula is C26H30ClN3O2. The summed E-state index contributed by atoms with van der Waals surface area (Å²) in [6.07, 6.45) is 3.39. The van der Waals surface area contributed by atoms with Crippen molar-refractivity contribution in [3.8, 4) is 17.0 Å². The van der Waals surface area contributed by atoms with E-state index in [-0.39, 0.29) is 17.5 Å². The Morgan fingerprint density at radius 3 is 2.38 bits per heavy atom. The highest BCUT2D eigenvalue weighted by Gasteiger charge is 2.46. The van der Waals surface area contributed by atoms with Gasteiger partial charge in [-0.3, -0.25) is 9.89 Å². The molecule has 6 heteroatoms. The Bertz CT molecular complexity index is 1080. The largest absolute Gasteiger partial charge is 0.494 e. The second-order valence-corrected chi connectivity index (χ2v) is 9.68. The lowest BCUT2D eigenvalue weighted by Gasteiger charge is -2.37. The third kappa shape index (κ3) is 4.26. The summed E-state index contributed by atoms with van der Waals surface area (Å²) in [6, 6.07) is 15.4. The number of rotatable bonds is 7. The van der Waals surface area contributed by atoms with Crippen LogP contribution in [-0.2, 0) is 0 Å². The average Bonchev–Trinajstić information content (AvgIpc) is 3.31. The fourth-order valence-corrected chi connectivity index (χ4v) is 4.40. The van der Waals surface area contributed by atoms with Gasteiger partial charge in [-0.25, -0.2) is 0 Å². The second kappa shape index (κ2) is 8.99. The topological polar surface area (TPSA) is 58.2 Å². The highest BCUT2D eigenvalue weighted by Crippen LogP contribution is 2.46. The zero-order chi connectivity index (χ0) is 22.9. The summed E-state index contributed by atoms with van der Waals surface area (Å²) in [5.41, 5.74) is 3.83. The number of carbonyl (C=O) groups excluding carboxylic acids is 1. The highest BCUT2D eigenvalue weighted by atomic mass is 35.5. The molecule has 0 saturated carbocycles. The lowest BCUT2D eigenvalue weighted by atomic mass is 9.93. The number of nitrogens with zero attached hydrogens (tertiary/aromatic N) is 2. The van der Waals surface area contributed by atoms with Crippen LogP contribution in [0.1, 0.15) is 74.6 Å². The number of nitrogens with one attached hydrogen (secondary N) is 1. The van der Waals surface area contributed by atoms with E-state index in [0.29, 0.717) is 10.7 Å². The molecule has 0 aliphatic carbocycles. The molecule has 2 heterocycles. The third-order valence-corrected chi connectivity index (χ3v) is 6.07. The van der Waals surface area contributed by atoms with E-state index in [2.05, 4.69) is 50.0 Å². The standard InChI is InChI=1S/C26H30ClN3O2/c1-5-6-7-16-32-20-14-10-18(11-15-20)24-21-22(17-8-12-19(27)13-9-17)28-29-23(21)25(31)30(24)26(2,3)4/h8-15,24H,5-7,16H2,1-4H3,(H,28,29). The van der Waals surface area contributed by atoms with Gasteiger partial charge in [0, 0.05) is 21.7 Å². The summed E-state index contributed by atoms with van der Waals surface area (Å²) in [5, 5.41) is 8.19. The van der Waals surface area contributed by atoms with Crippen LogP contribution in [0.25, 0.3) is 11.3 Å². The number of aromatic amines is 1. The van der Waals surface area contributed by atoms with Gasteiger partial charge in [-0.1, -0.05) is 55.6 Å². The minimum atomic E-state index is -0.367. The molecule has 4 rings (SSSR count). The zero-order valence-electron chi connectivity index (χ0n) is 19.1. The van der Waals surface area contributed by atoms with Crippen molar-refractivity contribution in [2.75, 3.05) is 6.61 Å². The smallest absolute Gasteiger partial charge is 0.273 e. The quantitative estimate of drug-likeness (QED) is 0.409. The zero-order valence-corrected chi connectivity index (χ0v) is 19.9. The fraction of sp³-hybridized carbons (Fsp3) is 0.385. The first-order valence-electron chi connectivity index (χ1n) is 11.2. The third-order valence-electron chi connectivity index (χ3n) is 5.82. The number of ether oxygens (including phenoxy) is 1. The summed E-state index contributed by atoms with van der Waals surface area (Å²) in [6.45, 7) is 9.08. The van der Waals surface area contributed by atoms with Crippen LogP contribution in [0.2, 0.25) is 5.02 Å². The van der Waals surface area contributed by atoms with Crippen LogP contribution in [0, 0.1) is 0 Å². The van der Waals surface area contributed by atoms with Crippen molar-refractivity contribution in [3.05, 3.63) is 70.4 Å². The first-order valence-corrected chi connectivity index (χ1v) is 11.6. The number of amides is 1. The molecule has 1 aromatic heterocycles. The first-order chi connectivity index (χ1) is 15.3. The van der Waals surface area contributed by atoms with Gasteiger partial charge in [0.2, 0.25) is 0 Å². The normalized spacial score (nSPS) is 15.8. The van der Waals surface area contributed by atoms with Crippen LogP contribution in [0.3, 0.4) is 0 Å². The molecule has 3 aromatic rings. The van der Waals surface area contributed by atoms with E-state index < -0.39 is 0 Å². The van der Waals surface area contributed by atoms with Gasteiger partial charge < -0.3 is 9.64 Å². The van der Waals surface area contributed by atoms with E-state index in [9.17, 15) is 4.79 Å². The van der Waals surface area contributed by atoms with Crippen molar-refractivity contribution in [2.45, 2.75) is 58.5 Å². The molecule has 0 fully saturated rings. The van der Waals surface area contributed by atoms with E-state index in [1.165, 1.54) is 12.8 Å². The van der Waals surface area contributed by atoms with Gasteiger partial charge in [-0.15, -0.1) is 0 Å². The lowest BCUT2D eigenvalue weighted by molar-refractivity contribution is 0.0546. The Labute approximate surface area is 194 Å². The van der Waals surface area contributed by atoms with Gasteiger partial charge in [0.05, 0.1) is 18.3 Å². The summed E-state index contributed by atoms with van der Waals surface area (Å²) >= 11 is 6.09. The van der Waals surface area contributed by atoms with E-state index >= 15 is 0 Å². The molecule has 0 saturated heterocycles. The Morgan fingerprint density at radius 1 is 1.06 bits per heavy atom. The minimum absolute atomic E-state index is 0.0369. The number of hydrogen-bond donors (Lipinski definition) is 1. The molecule has 32 heavy (non-hydrogen) atoms. The summed E-state index contributed by atoms with van der Waals surface area (Å²) in [7, 11) is 0. The Balaban J connectivity index is 1.72. The summed E-state index contributed by atoms with van der Waals surface area (Å²) in [4.78, 5) is 15.3. The van der Waals surface area contributed by atoms with E-state index in [1.54, 1.807) is 0 Å². The molecule has 0 radical (unpaired) electrons. The Kier molecular flexibility index (Phi) is 6.29. The molecule has 5 nitrogen and oxygen atoms in total. The van der Waals surface area contributed by atoms with Crippen molar-refractivity contribution < 1.29 is 9.53 Å². The number of fused-ring (bicyclic) bond motifs is 1. The molecule has 168 valence electrons. The number of hydrogen-bond acceptors (Lipinski definition) is 3. The number of aromatic nitrogens is 2. The predicted octanol–water partition coefficient (Wildman–Crippen LogP) is 6.64. The van der Waals surface area contributed by atoms with Crippen LogP contribution >= 0.6 is 11.6 Å². The number of halogens is 1. The SMILES string of the molecule is CCCCCOc1ccc(C2c3c(-c4ccc(Cl)cc4)n[nH]c3C(=O)N2C(C)(C)C)cc1. The second-order valence-electron chi connectivity index (χ2n) is 9.24. The van der Waals surface area contributed by atoms with Crippen molar-refractivity contribution in [1.82, 2.24) is 15.1 Å². The monoisotopic (exact) mass is 451 g/mol. The van der Waals surface area contributed by atoms with Crippen molar-refractivity contribution in [2.24, 2.45) is 0 Å². The highest BCUT2D eigenvalue weighted by molar-refractivity contribution is 6.30. The van der Waals surface area contributed by atoms with Crippen molar-refractivity contribution in [1.29, 1.82) is 0 Å². The first kappa shape index (κ1) is 22.4. The maximum absolute atomic E-state index is 13.4. The molecule has 1 unspecified atom stereocenters. The van der Waals surface area contributed by atoms with Gasteiger partial charge in [0.25, 0.3) is 5.91 Å². The van der Waals surface area contributed by atoms with Gasteiger partial charge in [-0.05, 0) is 57.0 Å². The van der Waals surface area contributed by atoms with E-state index in [1.807, 2.05) is 41.3 Å². The predicted molar refractivity (Wildman–Crippen MR) is 128 cm³/mol. The molecule has 0 bridgehead atoms. The van der Waals surface area contributed by atoms with E-state index in [4.69, 9.17) is 16.3 Å². The van der Waals surface area contributed by atoms with Gasteiger partial charge in [0.15, 0.2) is 0 Å².